The molecular weight excluding hydrogens is 749 g/mol. The second-order valence-corrected chi connectivity index (χ2v) is 16.0. The van der Waals surface area contributed by atoms with Gasteiger partial charge in [0.25, 0.3) is 0 Å². The number of nitrogens with zero attached hydrogens (tertiary/aromatic N) is 2. The van der Waals surface area contributed by atoms with E-state index < -0.39 is 0 Å². The molecule has 12 rings (SSSR count). The molecule has 0 saturated carbocycles. The smallest absolute Gasteiger partial charge is 0.0782 e. The highest BCUT2D eigenvalue weighted by molar-refractivity contribution is 6.22. The van der Waals surface area contributed by atoms with Gasteiger partial charge in [0.15, 0.2) is 0 Å². The van der Waals surface area contributed by atoms with E-state index in [1.54, 1.807) is 0 Å². The SMILES string of the molecule is c1ccc(-c2c(-c3ccccc3)c3cc(-c4ccc(N(c5ccccc5)c5cccc6c7ccccc7n(-c7cccc8ccccc78)c56)cc4)ccc3c3ccccc23)cc1. The van der Waals surface area contributed by atoms with Gasteiger partial charge in [0.2, 0.25) is 0 Å². The van der Waals surface area contributed by atoms with E-state index in [0.717, 1.165) is 17.1 Å². The van der Waals surface area contributed by atoms with Crippen LogP contribution >= 0.6 is 0 Å². The molecule has 1 aromatic heterocycles. The topological polar surface area (TPSA) is 8.17 Å². The Morgan fingerprint density at radius 2 is 0.806 bits per heavy atom. The first kappa shape index (κ1) is 35.7. The first-order valence-electron chi connectivity index (χ1n) is 21.4. The van der Waals surface area contributed by atoms with Crippen molar-refractivity contribution in [2.45, 2.75) is 0 Å². The Balaban J connectivity index is 1.06. The largest absolute Gasteiger partial charge is 0.308 e. The fraction of sp³-hybridized carbons (Fsp3) is 0. The van der Waals surface area contributed by atoms with Gasteiger partial charge in [-0.05, 0) is 109 Å². The Morgan fingerprint density at radius 3 is 1.55 bits per heavy atom. The van der Waals surface area contributed by atoms with Crippen molar-refractivity contribution in [3.63, 3.8) is 0 Å². The first-order chi connectivity index (χ1) is 30.8. The molecule has 12 aromatic rings. The molecule has 0 spiro atoms. The summed E-state index contributed by atoms with van der Waals surface area (Å²) in [6.07, 6.45) is 0. The van der Waals surface area contributed by atoms with Crippen LogP contribution in [0.25, 0.3) is 93.2 Å². The standard InChI is InChI=1S/C60H40N2/c1-4-19-43(20-5-1)58-52-29-13-12-27-49(52)50-39-36-45(40-54(50)59(58)44-21-6-2-7-22-44)41-34-37-47(38-35-41)61(46-24-8-3-9-25-46)57-33-17-30-53-51-28-14-15-31-56(51)62(60(53)57)55-32-16-23-42-18-10-11-26-48(42)55/h1-40H. The van der Waals surface area contributed by atoms with E-state index in [0.29, 0.717) is 0 Å². The Kier molecular flexibility index (Phi) is 8.53. The number of rotatable bonds is 7. The van der Waals surface area contributed by atoms with Crippen LogP contribution in [0.15, 0.2) is 243 Å². The van der Waals surface area contributed by atoms with Crippen LogP contribution in [0.2, 0.25) is 0 Å². The maximum Gasteiger partial charge on any atom is 0.0782 e. The summed E-state index contributed by atoms with van der Waals surface area (Å²) in [5.41, 5.74) is 14.1. The van der Waals surface area contributed by atoms with E-state index in [1.165, 1.54) is 93.2 Å². The predicted molar refractivity (Wildman–Crippen MR) is 264 cm³/mol. The maximum absolute atomic E-state index is 2.47. The molecule has 0 N–H and O–H groups in total. The molecule has 0 aliphatic carbocycles. The fourth-order valence-electron chi connectivity index (χ4n) is 9.82. The number of anilines is 3. The molecule has 2 heteroatoms. The van der Waals surface area contributed by atoms with Crippen LogP contribution in [0.4, 0.5) is 17.1 Å². The zero-order chi connectivity index (χ0) is 41.0. The second-order valence-electron chi connectivity index (χ2n) is 16.0. The monoisotopic (exact) mass is 788 g/mol. The lowest BCUT2D eigenvalue weighted by molar-refractivity contribution is 1.18. The zero-order valence-corrected chi connectivity index (χ0v) is 34.0. The lowest BCUT2D eigenvalue weighted by Crippen LogP contribution is -2.11. The molecular formula is C60H40N2. The minimum absolute atomic E-state index is 1.09. The lowest BCUT2D eigenvalue weighted by atomic mass is 9.84. The third-order valence-electron chi connectivity index (χ3n) is 12.5. The van der Waals surface area contributed by atoms with Gasteiger partial charge in [0, 0.05) is 27.5 Å². The van der Waals surface area contributed by atoms with Gasteiger partial charge in [-0.2, -0.15) is 0 Å². The summed E-state index contributed by atoms with van der Waals surface area (Å²) in [5, 5.41) is 9.91. The van der Waals surface area contributed by atoms with Crippen molar-refractivity contribution in [1.29, 1.82) is 0 Å². The highest BCUT2D eigenvalue weighted by Gasteiger charge is 2.23. The van der Waals surface area contributed by atoms with Gasteiger partial charge in [-0.25, -0.2) is 0 Å². The second kappa shape index (κ2) is 14.8. The molecule has 0 atom stereocenters. The minimum Gasteiger partial charge on any atom is -0.308 e. The summed E-state index contributed by atoms with van der Waals surface area (Å²) in [4.78, 5) is 2.42. The molecule has 11 aromatic carbocycles. The van der Waals surface area contributed by atoms with Gasteiger partial charge in [0.1, 0.15) is 0 Å². The molecule has 0 radical (unpaired) electrons. The molecule has 0 bridgehead atoms. The first-order valence-corrected chi connectivity index (χ1v) is 21.4. The summed E-state index contributed by atoms with van der Waals surface area (Å²) in [6, 6.07) is 88.4. The van der Waals surface area contributed by atoms with E-state index in [1.807, 2.05) is 0 Å². The van der Waals surface area contributed by atoms with Crippen LogP contribution in [-0.2, 0) is 0 Å². The van der Waals surface area contributed by atoms with Crippen molar-refractivity contribution in [2.24, 2.45) is 0 Å². The number of aromatic nitrogens is 1. The molecule has 0 saturated heterocycles. The molecule has 2 nitrogen and oxygen atoms in total. The van der Waals surface area contributed by atoms with Crippen molar-refractivity contribution in [3.8, 4) is 39.1 Å². The Bertz CT molecular complexity index is 3600. The quantitative estimate of drug-likeness (QED) is 0.146. The minimum atomic E-state index is 1.09. The Labute approximate surface area is 360 Å². The number of fused-ring (bicyclic) bond motifs is 7. The van der Waals surface area contributed by atoms with E-state index >= 15 is 0 Å². The van der Waals surface area contributed by atoms with Crippen LogP contribution in [0.3, 0.4) is 0 Å². The van der Waals surface area contributed by atoms with Gasteiger partial charge in [-0.1, -0.05) is 194 Å². The average molecular weight is 789 g/mol. The molecule has 0 aliphatic rings. The van der Waals surface area contributed by atoms with Crippen LogP contribution in [-0.4, -0.2) is 4.57 Å². The van der Waals surface area contributed by atoms with Gasteiger partial charge < -0.3 is 9.47 Å². The van der Waals surface area contributed by atoms with E-state index in [9.17, 15) is 0 Å². The van der Waals surface area contributed by atoms with E-state index in [4.69, 9.17) is 0 Å². The Morgan fingerprint density at radius 1 is 0.290 bits per heavy atom. The third kappa shape index (κ3) is 5.80. The molecule has 62 heavy (non-hydrogen) atoms. The maximum atomic E-state index is 2.47. The van der Waals surface area contributed by atoms with Crippen molar-refractivity contribution < 1.29 is 0 Å². The molecule has 0 amide bonds. The van der Waals surface area contributed by atoms with Gasteiger partial charge in [0.05, 0.1) is 22.4 Å². The molecule has 290 valence electrons. The number of hydrogen-bond acceptors (Lipinski definition) is 1. The van der Waals surface area contributed by atoms with Crippen molar-refractivity contribution in [2.75, 3.05) is 4.90 Å². The number of para-hydroxylation sites is 3. The summed E-state index contributed by atoms with van der Waals surface area (Å²) in [5.74, 6) is 0. The van der Waals surface area contributed by atoms with E-state index in [2.05, 4.69) is 252 Å². The van der Waals surface area contributed by atoms with Crippen LogP contribution in [0.5, 0.6) is 0 Å². The molecule has 0 fully saturated rings. The van der Waals surface area contributed by atoms with Gasteiger partial charge in [-0.15, -0.1) is 0 Å². The lowest BCUT2D eigenvalue weighted by Gasteiger charge is -2.27. The number of benzene rings is 11. The highest BCUT2D eigenvalue weighted by atomic mass is 15.2. The fourth-order valence-corrected chi connectivity index (χ4v) is 9.82. The average Bonchev–Trinajstić information content (AvgIpc) is 3.69. The van der Waals surface area contributed by atoms with E-state index in [-0.39, 0.29) is 0 Å². The van der Waals surface area contributed by atoms with Crippen molar-refractivity contribution >= 4 is 71.2 Å². The molecule has 1 heterocycles. The van der Waals surface area contributed by atoms with Crippen LogP contribution in [0.1, 0.15) is 0 Å². The summed E-state index contributed by atoms with van der Waals surface area (Å²) in [7, 11) is 0. The third-order valence-corrected chi connectivity index (χ3v) is 12.5. The van der Waals surface area contributed by atoms with Gasteiger partial charge >= 0.3 is 0 Å². The summed E-state index contributed by atoms with van der Waals surface area (Å²) < 4.78 is 2.47. The molecule has 0 unspecified atom stereocenters. The number of hydrogen-bond donors (Lipinski definition) is 0. The van der Waals surface area contributed by atoms with Gasteiger partial charge in [-0.3, -0.25) is 0 Å². The van der Waals surface area contributed by atoms with Crippen LogP contribution < -0.4 is 4.90 Å². The zero-order valence-electron chi connectivity index (χ0n) is 34.0. The van der Waals surface area contributed by atoms with Crippen molar-refractivity contribution in [1.82, 2.24) is 4.57 Å². The predicted octanol–water partition coefficient (Wildman–Crippen LogP) is 16.7. The van der Waals surface area contributed by atoms with Crippen molar-refractivity contribution in [3.05, 3.63) is 243 Å². The van der Waals surface area contributed by atoms with Crippen LogP contribution in [0, 0.1) is 0 Å². The normalized spacial score (nSPS) is 11.5. The summed E-state index contributed by atoms with van der Waals surface area (Å²) in [6.45, 7) is 0. The highest BCUT2D eigenvalue weighted by Crippen LogP contribution is 2.47. The Hall–Kier alpha value is -8.20. The summed E-state index contributed by atoms with van der Waals surface area (Å²) >= 11 is 0. The molecule has 0 aliphatic heterocycles.